The van der Waals surface area contributed by atoms with Crippen molar-refractivity contribution in [3.8, 4) is 5.75 Å². The van der Waals surface area contributed by atoms with Crippen LogP contribution in [-0.2, 0) is 0 Å². The number of likely N-dealkylation sites (N-methyl/N-ethyl adjacent to an activating group) is 1. The summed E-state index contributed by atoms with van der Waals surface area (Å²) in [5, 5.41) is 2.89. The van der Waals surface area contributed by atoms with E-state index in [2.05, 4.69) is 26.8 Å². The molecule has 0 unspecified atom stereocenters. The molecule has 0 radical (unpaired) electrons. The molecule has 0 saturated carbocycles. The number of halogens is 2. The lowest BCUT2D eigenvalue weighted by Gasteiger charge is -2.36. The molecule has 1 amide bonds. The summed E-state index contributed by atoms with van der Waals surface area (Å²) in [6, 6.07) is 13.4. The molecule has 27 heavy (non-hydrogen) atoms. The van der Waals surface area contributed by atoms with Gasteiger partial charge in [0.2, 0.25) is 0 Å². The van der Waals surface area contributed by atoms with Gasteiger partial charge in [-0.1, -0.05) is 25.1 Å². The number of nitrogens with zero attached hydrogens (tertiary/aromatic N) is 2. The predicted octanol–water partition coefficient (Wildman–Crippen LogP) is 3.68. The quantitative estimate of drug-likeness (QED) is 0.837. The van der Waals surface area contributed by atoms with Crippen LogP contribution in [0.3, 0.4) is 0 Å². The average Bonchev–Trinajstić information content (AvgIpc) is 2.68. The highest BCUT2D eigenvalue weighted by Crippen LogP contribution is 2.27. The van der Waals surface area contributed by atoms with Gasteiger partial charge in [0.1, 0.15) is 5.75 Å². The zero-order chi connectivity index (χ0) is 19.2. The Morgan fingerprint density at radius 2 is 1.85 bits per heavy atom. The summed E-state index contributed by atoms with van der Waals surface area (Å²) in [4.78, 5) is 17.2. The van der Waals surface area contributed by atoms with Crippen molar-refractivity contribution in [1.29, 1.82) is 0 Å². The summed E-state index contributed by atoms with van der Waals surface area (Å²) in [6.45, 7) is 3.98. The lowest BCUT2D eigenvalue weighted by molar-refractivity contribution is -0.0498. The number of nitrogens with one attached hydrogen (secondary N) is 1. The van der Waals surface area contributed by atoms with Crippen LogP contribution in [0.25, 0.3) is 0 Å². The van der Waals surface area contributed by atoms with E-state index in [1.165, 1.54) is 18.2 Å². The van der Waals surface area contributed by atoms with Gasteiger partial charge in [0.05, 0.1) is 11.4 Å². The topological polar surface area (TPSA) is 44.8 Å². The van der Waals surface area contributed by atoms with Crippen molar-refractivity contribution in [2.45, 2.75) is 13.5 Å². The van der Waals surface area contributed by atoms with Crippen LogP contribution in [0.15, 0.2) is 48.5 Å². The summed E-state index contributed by atoms with van der Waals surface area (Å²) in [5.41, 5.74) is 1.92. The van der Waals surface area contributed by atoms with Gasteiger partial charge >= 0.3 is 6.61 Å². The molecule has 1 N–H and O–H groups in total. The molecule has 1 heterocycles. The van der Waals surface area contributed by atoms with E-state index >= 15 is 0 Å². The van der Waals surface area contributed by atoms with Gasteiger partial charge in [0.25, 0.3) is 5.91 Å². The van der Waals surface area contributed by atoms with Crippen LogP contribution < -0.4 is 15.0 Å². The lowest BCUT2D eigenvalue weighted by Crippen LogP contribution is -2.46. The van der Waals surface area contributed by atoms with E-state index in [1.807, 2.05) is 24.3 Å². The fourth-order valence-electron chi connectivity index (χ4n) is 3.17. The Morgan fingerprint density at radius 1 is 1.11 bits per heavy atom. The van der Waals surface area contributed by atoms with Crippen LogP contribution >= 0.6 is 0 Å². The fraction of sp³-hybridized carbons (Fsp3) is 0.350. The Bertz CT molecular complexity index is 777. The van der Waals surface area contributed by atoms with Gasteiger partial charge in [-0.15, -0.1) is 0 Å². The Labute approximate surface area is 157 Å². The van der Waals surface area contributed by atoms with E-state index in [0.717, 1.165) is 38.4 Å². The third-order valence-electron chi connectivity index (χ3n) is 4.63. The molecule has 1 saturated heterocycles. The molecule has 2 aromatic rings. The summed E-state index contributed by atoms with van der Waals surface area (Å²) < 4.78 is 29.1. The van der Waals surface area contributed by atoms with E-state index in [-0.39, 0.29) is 17.2 Å². The number of anilines is 2. The molecule has 1 aliphatic rings. The zero-order valence-electron chi connectivity index (χ0n) is 15.2. The third kappa shape index (κ3) is 4.95. The highest BCUT2D eigenvalue weighted by Gasteiger charge is 2.19. The number of rotatable bonds is 6. The van der Waals surface area contributed by atoms with Crippen LogP contribution in [0, 0.1) is 0 Å². The number of ether oxygens (including phenoxy) is 1. The van der Waals surface area contributed by atoms with Crippen LogP contribution in [-0.4, -0.2) is 50.1 Å². The van der Waals surface area contributed by atoms with Crippen molar-refractivity contribution in [3.63, 3.8) is 0 Å². The number of amides is 1. The van der Waals surface area contributed by atoms with Crippen molar-refractivity contribution in [3.05, 3.63) is 54.1 Å². The van der Waals surface area contributed by atoms with E-state index in [0.29, 0.717) is 5.69 Å². The number of para-hydroxylation sites is 2. The molecule has 7 heteroatoms. The molecule has 144 valence electrons. The van der Waals surface area contributed by atoms with Gasteiger partial charge in [0, 0.05) is 31.7 Å². The molecule has 0 aromatic heterocycles. The van der Waals surface area contributed by atoms with E-state index < -0.39 is 6.61 Å². The van der Waals surface area contributed by atoms with E-state index in [9.17, 15) is 13.6 Å². The van der Waals surface area contributed by atoms with E-state index in [1.54, 1.807) is 6.07 Å². The number of piperazine rings is 1. The zero-order valence-corrected chi connectivity index (χ0v) is 15.2. The standard InChI is InChI=1S/C20H23F2N3O2/c1-2-24-10-12-25(13-11-24)18-9-4-3-8-17(18)23-19(26)15-6-5-7-16(14-15)27-20(21)22/h3-9,14,20H,2,10-13H2,1H3,(H,23,26). The maximum atomic E-state index is 12.6. The third-order valence-corrected chi connectivity index (χ3v) is 4.63. The van der Waals surface area contributed by atoms with Crippen molar-refractivity contribution in [2.75, 3.05) is 42.9 Å². The number of hydrogen-bond acceptors (Lipinski definition) is 4. The highest BCUT2D eigenvalue weighted by molar-refractivity contribution is 6.06. The van der Waals surface area contributed by atoms with Gasteiger partial charge < -0.3 is 19.9 Å². The summed E-state index contributed by atoms with van der Waals surface area (Å²) in [6.07, 6.45) is 0. The maximum absolute atomic E-state index is 12.6. The Kier molecular flexibility index (Phi) is 6.24. The van der Waals surface area contributed by atoms with E-state index in [4.69, 9.17) is 0 Å². The monoisotopic (exact) mass is 375 g/mol. The van der Waals surface area contributed by atoms with Crippen molar-refractivity contribution in [1.82, 2.24) is 4.90 Å². The van der Waals surface area contributed by atoms with Crippen LogP contribution in [0.2, 0.25) is 0 Å². The molecule has 1 aliphatic heterocycles. The molecule has 5 nitrogen and oxygen atoms in total. The molecule has 3 rings (SSSR count). The number of hydrogen-bond donors (Lipinski definition) is 1. The molecular formula is C20H23F2N3O2. The largest absolute Gasteiger partial charge is 0.435 e. The summed E-state index contributed by atoms with van der Waals surface area (Å²) in [5.74, 6) is -0.406. The lowest BCUT2D eigenvalue weighted by atomic mass is 10.1. The maximum Gasteiger partial charge on any atom is 0.387 e. The molecule has 0 bridgehead atoms. The minimum absolute atomic E-state index is 0.0402. The Balaban J connectivity index is 1.73. The fourth-order valence-corrected chi connectivity index (χ4v) is 3.17. The molecular weight excluding hydrogens is 352 g/mol. The second kappa shape index (κ2) is 8.81. The van der Waals surface area contributed by atoms with Crippen molar-refractivity contribution in [2.24, 2.45) is 0 Å². The number of benzene rings is 2. The van der Waals surface area contributed by atoms with Crippen molar-refractivity contribution >= 4 is 17.3 Å². The summed E-state index contributed by atoms with van der Waals surface area (Å²) in [7, 11) is 0. The molecule has 1 fully saturated rings. The van der Waals surface area contributed by atoms with Crippen molar-refractivity contribution < 1.29 is 18.3 Å². The Morgan fingerprint density at radius 3 is 2.56 bits per heavy atom. The number of carbonyl (C=O) groups excluding carboxylic acids is 1. The second-order valence-electron chi connectivity index (χ2n) is 6.30. The first-order chi connectivity index (χ1) is 13.1. The molecule has 0 atom stereocenters. The summed E-state index contributed by atoms with van der Waals surface area (Å²) >= 11 is 0. The van der Waals surface area contributed by atoms with Gasteiger partial charge in [0.15, 0.2) is 0 Å². The average molecular weight is 375 g/mol. The highest BCUT2D eigenvalue weighted by atomic mass is 19.3. The predicted molar refractivity (Wildman–Crippen MR) is 102 cm³/mol. The van der Waals surface area contributed by atoms with Gasteiger partial charge in [-0.2, -0.15) is 8.78 Å². The van der Waals surface area contributed by atoms with Gasteiger partial charge in [-0.05, 0) is 36.9 Å². The molecule has 0 spiro atoms. The first-order valence-electron chi connectivity index (χ1n) is 8.99. The first-order valence-corrected chi connectivity index (χ1v) is 8.99. The molecule has 2 aromatic carbocycles. The van der Waals surface area contributed by atoms with Gasteiger partial charge in [-0.25, -0.2) is 0 Å². The second-order valence-corrected chi connectivity index (χ2v) is 6.30. The Hall–Kier alpha value is -2.67. The SMILES string of the molecule is CCN1CCN(c2ccccc2NC(=O)c2cccc(OC(F)F)c2)CC1. The minimum atomic E-state index is -2.93. The smallest absolute Gasteiger partial charge is 0.387 e. The first kappa shape index (κ1) is 19.1. The van der Waals surface area contributed by atoms with Gasteiger partial charge in [-0.3, -0.25) is 4.79 Å². The number of carbonyl (C=O) groups is 1. The van der Waals surface area contributed by atoms with Crippen LogP contribution in [0.4, 0.5) is 20.2 Å². The normalized spacial score (nSPS) is 15.0. The molecule has 0 aliphatic carbocycles. The number of alkyl halides is 2. The minimum Gasteiger partial charge on any atom is -0.435 e. The van der Waals surface area contributed by atoms with Crippen LogP contribution in [0.1, 0.15) is 17.3 Å². The van der Waals surface area contributed by atoms with Crippen LogP contribution in [0.5, 0.6) is 5.75 Å².